The van der Waals surface area contributed by atoms with Crippen molar-refractivity contribution in [3.63, 3.8) is 0 Å². The van der Waals surface area contributed by atoms with Crippen LogP contribution >= 0.6 is 0 Å². The summed E-state index contributed by atoms with van der Waals surface area (Å²) in [5.74, 6) is 0.244. The SMILES string of the molecule is COC(=O)CC1C(=O)NCCN1c1c2c(c(C#N)c3nc4ccccc4n13)CCC2. The monoisotopic (exact) mass is 403 g/mol. The summed E-state index contributed by atoms with van der Waals surface area (Å²) in [7, 11) is 1.33. The summed E-state index contributed by atoms with van der Waals surface area (Å²) in [6, 6.07) is 9.45. The Bertz CT molecular complexity index is 1240. The van der Waals surface area contributed by atoms with Crippen molar-refractivity contribution in [2.24, 2.45) is 0 Å². The number of piperazine rings is 1. The number of aromatic nitrogens is 2. The van der Waals surface area contributed by atoms with Crippen molar-refractivity contribution >= 4 is 34.4 Å². The number of nitriles is 1. The Hall–Kier alpha value is -3.60. The quantitative estimate of drug-likeness (QED) is 0.669. The maximum atomic E-state index is 12.8. The zero-order valence-electron chi connectivity index (χ0n) is 16.6. The Labute approximate surface area is 173 Å². The minimum Gasteiger partial charge on any atom is -0.469 e. The Morgan fingerprint density at radius 3 is 2.93 bits per heavy atom. The third-order valence-corrected chi connectivity index (χ3v) is 6.09. The molecule has 1 N–H and O–H groups in total. The average molecular weight is 403 g/mol. The van der Waals surface area contributed by atoms with Crippen molar-refractivity contribution in [1.29, 1.82) is 5.26 Å². The first-order valence-corrected chi connectivity index (χ1v) is 10.1. The molecule has 1 saturated heterocycles. The molecule has 1 aromatic carbocycles. The lowest BCUT2D eigenvalue weighted by atomic mass is 10.0. The van der Waals surface area contributed by atoms with Gasteiger partial charge < -0.3 is 15.0 Å². The number of benzene rings is 1. The Morgan fingerprint density at radius 2 is 2.13 bits per heavy atom. The van der Waals surface area contributed by atoms with Crippen molar-refractivity contribution in [3.05, 3.63) is 41.0 Å². The highest BCUT2D eigenvalue weighted by atomic mass is 16.5. The van der Waals surface area contributed by atoms with Crippen molar-refractivity contribution in [1.82, 2.24) is 14.7 Å². The molecule has 2 aliphatic rings. The molecule has 30 heavy (non-hydrogen) atoms. The van der Waals surface area contributed by atoms with E-state index in [4.69, 9.17) is 9.72 Å². The van der Waals surface area contributed by atoms with Crippen LogP contribution in [0.1, 0.15) is 29.5 Å². The predicted octanol–water partition coefficient (Wildman–Crippen LogP) is 1.72. The predicted molar refractivity (Wildman–Crippen MR) is 110 cm³/mol. The highest BCUT2D eigenvalue weighted by Crippen LogP contribution is 2.39. The number of rotatable bonds is 3. The van der Waals surface area contributed by atoms with E-state index in [9.17, 15) is 14.9 Å². The summed E-state index contributed by atoms with van der Waals surface area (Å²) in [4.78, 5) is 31.6. The number of hydrogen-bond acceptors (Lipinski definition) is 6. The van der Waals surface area contributed by atoms with Crippen LogP contribution in [-0.4, -0.2) is 47.5 Å². The molecule has 1 aliphatic heterocycles. The van der Waals surface area contributed by atoms with Crippen LogP contribution in [0.15, 0.2) is 24.3 Å². The van der Waals surface area contributed by atoms with Gasteiger partial charge in [0.25, 0.3) is 0 Å². The van der Waals surface area contributed by atoms with Crippen molar-refractivity contribution < 1.29 is 14.3 Å². The van der Waals surface area contributed by atoms with Gasteiger partial charge in [-0.3, -0.25) is 14.0 Å². The van der Waals surface area contributed by atoms with Gasteiger partial charge in [-0.15, -0.1) is 0 Å². The van der Waals surface area contributed by atoms with Gasteiger partial charge in [-0.05, 0) is 42.5 Å². The summed E-state index contributed by atoms with van der Waals surface area (Å²) in [5, 5.41) is 12.8. The molecule has 0 radical (unpaired) electrons. The van der Waals surface area contributed by atoms with E-state index in [1.165, 1.54) is 7.11 Å². The van der Waals surface area contributed by atoms with E-state index in [1.54, 1.807) is 0 Å². The molecule has 3 aromatic rings. The summed E-state index contributed by atoms with van der Waals surface area (Å²) in [6.45, 7) is 1.05. The second kappa shape index (κ2) is 7.02. The normalized spacial score (nSPS) is 18.3. The molecule has 2 aromatic heterocycles. The number of anilines is 1. The fourth-order valence-electron chi connectivity index (χ4n) is 4.78. The molecule has 1 amide bonds. The summed E-state index contributed by atoms with van der Waals surface area (Å²) >= 11 is 0. The molecule has 3 heterocycles. The molecule has 152 valence electrons. The first-order valence-electron chi connectivity index (χ1n) is 10.1. The zero-order chi connectivity index (χ0) is 20.8. The van der Waals surface area contributed by atoms with Gasteiger partial charge in [0.1, 0.15) is 17.9 Å². The van der Waals surface area contributed by atoms with Gasteiger partial charge in [0.05, 0.1) is 30.1 Å². The maximum Gasteiger partial charge on any atom is 0.308 e. The molecule has 1 fully saturated rings. The highest BCUT2D eigenvalue weighted by molar-refractivity contribution is 5.92. The van der Waals surface area contributed by atoms with Crippen molar-refractivity contribution in [3.8, 4) is 6.07 Å². The van der Waals surface area contributed by atoms with E-state index in [1.807, 2.05) is 33.6 Å². The Balaban J connectivity index is 1.83. The fraction of sp³-hybridized carbons (Fsp3) is 0.364. The first-order chi connectivity index (χ1) is 14.6. The molecular weight excluding hydrogens is 382 g/mol. The number of para-hydroxylation sites is 2. The molecule has 5 rings (SSSR count). The third kappa shape index (κ3) is 2.62. The molecule has 0 saturated carbocycles. The minimum atomic E-state index is -0.673. The molecule has 8 heteroatoms. The van der Waals surface area contributed by atoms with Crippen LogP contribution < -0.4 is 10.2 Å². The maximum absolute atomic E-state index is 12.8. The van der Waals surface area contributed by atoms with Crippen LogP contribution in [0.4, 0.5) is 5.82 Å². The lowest BCUT2D eigenvalue weighted by Gasteiger charge is -2.37. The Kier molecular flexibility index (Phi) is 4.31. The first kappa shape index (κ1) is 18.4. The van der Waals surface area contributed by atoms with E-state index < -0.39 is 12.0 Å². The van der Waals surface area contributed by atoms with Gasteiger partial charge >= 0.3 is 5.97 Å². The van der Waals surface area contributed by atoms with Crippen LogP contribution in [0.5, 0.6) is 0 Å². The number of ether oxygens (including phenoxy) is 1. The van der Waals surface area contributed by atoms with Gasteiger partial charge in [0, 0.05) is 13.1 Å². The van der Waals surface area contributed by atoms with E-state index in [-0.39, 0.29) is 12.3 Å². The average Bonchev–Trinajstić information content (AvgIpc) is 3.38. The number of fused-ring (bicyclic) bond motifs is 4. The summed E-state index contributed by atoms with van der Waals surface area (Å²) < 4.78 is 6.85. The van der Waals surface area contributed by atoms with Crippen molar-refractivity contribution in [2.75, 3.05) is 25.1 Å². The number of esters is 1. The minimum absolute atomic E-state index is 0.0365. The molecule has 0 spiro atoms. The standard InChI is InChI=1S/C22H21N5O3/c1-30-19(28)11-18-21(29)24-9-10-26(18)22-14-6-4-5-13(14)15(12-23)20-25-16-7-2-3-8-17(16)27(20)22/h2-3,7-8,18H,4-6,9-11H2,1H3,(H,24,29). The number of pyridine rings is 1. The third-order valence-electron chi connectivity index (χ3n) is 6.09. The number of nitrogens with one attached hydrogen (secondary N) is 1. The van der Waals surface area contributed by atoms with Gasteiger partial charge in [-0.25, -0.2) is 4.98 Å². The number of methoxy groups -OCH3 is 1. The van der Waals surface area contributed by atoms with Crippen LogP contribution in [0.25, 0.3) is 16.7 Å². The molecule has 1 aliphatic carbocycles. The summed E-state index contributed by atoms with van der Waals surface area (Å²) in [6.07, 6.45) is 2.55. The number of carbonyl (C=O) groups excluding carboxylic acids is 2. The molecule has 1 unspecified atom stereocenters. The van der Waals surface area contributed by atoms with Crippen LogP contribution in [0.3, 0.4) is 0 Å². The number of hydrogen-bond donors (Lipinski definition) is 1. The number of amides is 1. The van der Waals surface area contributed by atoms with Gasteiger partial charge in [-0.1, -0.05) is 12.1 Å². The number of nitrogens with zero attached hydrogens (tertiary/aromatic N) is 4. The molecule has 1 atom stereocenters. The lowest BCUT2D eigenvalue weighted by molar-refractivity contribution is -0.143. The molecule has 8 nitrogen and oxygen atoms in total. The molecular formula is C22H21N5O3. The summed E-state index contributed by atoms with van der Waals surface area (Å²) in [5.41, 5.74) is 4.98. The van der Waals surface area contributed by atoms with E-state index in [2.05, 4.69) is 11.4 Å². The topological polar surface area (TPSA) is 99.7 Å². The molecule has 0 bridgehead atoms. The number of carbonyl (C=O) groups is 2. The lowest BCUT2D eigenvalue weighted by Crippen LogP contribution is -2.57. The van der Waals surface area contributed by atoms with Crippen LogP contribution in [0.2, 0.25) is 0 Å². The van der Waals surface area contributed by atoms with Crippen LogP contribution in [0, 0.1) is 11.3 Å². The smallest absolute Gasteiger partial charge is 0.308 e. The largest absolute Gasteiger partial charge is 0.469 e. The second-order valence-electron chi connectivity index (χ2n) is 7.66. The van der Waals surface area contributed by atoms with Crippen LogP contribution in [-0.2, 0) is 27.2 Å². The Morgan fingerprint density at radius 1 is 1.33 bits per heavy atom. The fourth-order valence-corrected chi connectivity index (χ4v) is 4.78. The highest BCUT2D eigenvalue weighted by Gasteiger charge is 2.37. The van der Waals surface area contributed by atoms with E-state index in [0.29, 0.717) is 24.3 Å². The van der Waals surface area contributed by atoms with E-state index in [0.717, 1.165) is 47.2 Å². The van der Waals surface area contributed by atoms with E-state index >= 15 is 0 Å². The number of imidazole rings is 1. The zero-order valence-corrected chi connectivity index (χ0v) is 16.6. The van der Waals surface area contributed by atoms with Crippen molar-refractivity contribution in [2.45, 2.75) is 31.7 Å². The van der Waals surface area contributed by atoms with Gasteiger partial charge in [-0.2, -0.15) is 5.26 Å². The van der Waals surface area contributed by atoms with Gasteiger partial charge in [0.15, 0.2) is 5.65 Å². The second-order valence-corrected chi connectivity index (χ2v) is 7.66. The van der Waals surface area contributed by atoms with Gasteiger partial charge in [0.2, 0.25) is 5.91 Å².